The fourth-order valence-corrected chi connectivity index (χ4v) is 2.09. The highest BCUT2D eigenvalue weighted by molar-refractivity contribution is 7.81. The summed E-state index contributed by atoms with van der Waals surface area (Å²) >= 11 is 4.20. The second-order valence-corrected chi connectivity index (χ2v) is 4.95. The third-order valence-electron chi connectivity index (χ3n) is 2.69. The van der Waals surface area contributed by atoms with Gasteiger partial charge in [-0.3, -0.25) is 4.79 Å². The van der Waals surface area contributed by atoms with Gasteiger partial charge in [0.05, 0.1) is 5.25 Å². The second kappa shape index (κ2) is 5.03. The zero-order valence-corrected chi connectivity index (χ0v) is 10.1. The first-order valence-electron chi connectivity index (χ1n) is 5.19. The molecule has 0 spiro atoms. The molecule has 82 valence electrons. The van der Waals surface area contributed by atoms with Crippen LogP contribution in [0.4, 0.5) is 0 Å². The van der Waals surface area contributed by atoms with Gasteiger partial charge in [-0.05, 0) is 33.9 Å². The van der Waals surface area contributed by atoms with Crippen LogP contribution in [0.15, 0.2) is 0 Å². The van der Waals surface area contributed by atoms with Crippen LogP contribution in [-0.2, 0) is 4.79 Å². The predicted octanol–water partition coefficient (Wildman–Crippen LogP) is 0.857. The maximum atomic E-state index is 11.8. The molecular weight excluding hydrogens is 196 g/mol. The first-order valence-corrected chi connectivity index (χ1v) is 5.71. The van der Waals surface area contributed by atoms with Gasteiger partial charge in [-0.15, -0.1) is 0 Å². The van der Waals surface area contributed by atoms with Crippen molar-refractivity contribution >= 4 is 18.5 Å². The molecule has 1 heterocycles. The van der Waals surface area contributed by atoms with Gasteiger partial charge in [-0.2, -0.15) is 12.6 Å². The summed E-state index contributed by atoms with van der Waals surface area (Å²) in [5, 5.41) is -0.180. The Morgan fingerprint density at radius 3 is 2.71 bits per heavy atom. The molecule has 1 saturated heterocycles. The summed E-state index contributed by atoms with van der Waals surface area (Å²) in [5.41, 5.74) is 0. The second-order valence-electron chi connectivity index (χ2n) is 4.17. The fourth-order valence-electron chi connectivity index (χ4n) is 1.94. The molecule has 1 rings (SSSR count). The van der Waals surface area contributed by atoms with E-state index in [1.54, 1.807) is 0 Å². The molecule has 0 bridgehead atoms. The first-order chi connectivity index (χ1) is 6.52. The zero-order valence-electron chi connectivity index (χ0n) is 9.23. The summed E-state index contributed by atoms with van der Waals surface area (Å²) in [6, 6.07) is 0.310. The Hall–Kier alpha value is -0.220. The van der Waals surface area contributed by atoms with Gasteiger partial charge in [-0.1, -0.05) is 0 Å². The third kappa shape index (κ3) is 2.89. The smallest absolute Gasteiger partial charge is 0.235 e. The summed E-state index contributed by atoms with van der Waals surface area (Å²) in [6.07, 6.45) is 1.06. The van der Waals surface area contributed by atoms with Crippen molar-refractivity contribution in [3.8, 4) is 0 Å². The summed E-state index contributed by atoms with van der Waals surface area (Å²) in [5.74, 6) is 0.163. The van der Waals surface area contributed by atoms with Crippen molar-refractivity contribution in [2.45, 2.75) is 31.6 Å². The van der Waals surface area contributed by atoms with E-state index >= 15 is 0 Å². The van der Waals surface area contributed by atoms with Crippen LogP contribution in [0.2, 0.25) is 0 Å². The number of carbonyl (C=O) groups is 1. The van der Waals surface area contributed by atoms with Crippen LogP contribution in [0.5, 0.6) is 0 Å². The molecule has 0 radical (unpaired) electrons. The molecule has 14 heavy (non-hydrogen) atoms. The quantitative estimate of drug-likeness (QED) is 0.657. The minimum absolute atomic E-state index is 0.163. The molecule has 0 N–H and O–H groups in total. The Balaban J connectivity index is 2.63. The van der Waals surface area contributed by atoms with Crippen molar-refractivity contribution < 1.29 is 4.79 Å². The van der Waals surface area contributed by atoms with Gasteiger partial charge >= 0.3 is 0 Å². The van der Waals surface area contributed by atoms with Gasteiger partial charge in [0, 0.05) is 19.1 Å². The highest BCUT2D eigenvalue weighted by Crippen LogP contribution is 2.11. The van der Waals surface area contributed by atoms with Crippen LogP contribution in [0.25, 0.3) is 0 Å². The molecule has 2 atom stereocenters. The number of amides is 1. The van der Waals surface area contributed by atoms with Crippen LogP contribution >= 0.6 is 12.6 Å². The predicted molar refractivity (Wildman–Crippen MR) is 61.7 cm³/mol. The van der Waals surface area contributed by atoms with Crippen LogP contribution < -0.4 is 0 Å². The maximum absolute atomic E-state index is 11.8. The zero-order chi connectivity index (χ0) is 10.7. The van der Waals surface area contributed by atoms with Crippen molar-refractivity contribution in [2.75, 3.05) is 26.7 Å². The number of thiol groups is 1. The molecule has 0 saturated carbocycles. The average Bonchev–Trinajstić information content (AvgIpc) is 2.25. The lowest BCUT2D eigenvalue weighted by Gasteiger charge is -2.29. The van der Waals surface area contributed by atoms with E-state index in [1.807, 2.05) is 11.8 Å². The van der Waals surface area contributed by atoms with Gasteiger partial charge in [0.1, 0.15) is 0 Å². The van der Waals surface area contributed by atoms with Crippen LogP contribution in [0, 0.1) is 0 Å². The molecule has 0 aliphatic carbocycles. The van der Waals surface area contributed by atoms with Crippen molar-refractivity contribution in [3.05, 3.63) is 0 Å². The minimum Gasteiger partial charge on any atom is -0.338 e. The number of rotatable bonds is 1. The molecule has 1 aliphatic rings. The lowest BCUT2D eigenvalue weighted by atomic mass is 10.2. The highest BCUT2D eigenvalue weighted by Gasteiger charge is 2.25. The third-order valence-corrected chi connectivity index (χ3v) is 2.91. The Labute approximate surface area is 91.9 Å². The van der Waals surface area contributed by atoms with E-state index in [4.69, 9.17) is 0 Å². The van der Waals surface area contributed by atoms with E-state index in [2.05, 4.69) is 31.5 Å². The summed E-state index contributed by atoms with van der Waals surface area (Å²) in [4.78, 5) is 16.0. The average molecular weight is 216 g/mol. The van der Waals surface area contributed by atoms with E-state index < -0.39 is 0 Å². The molecule has 1 amide bonds. The van der Waals surface area contributed by atoms with Gasteiger partial charge in [0.2, 0.25) is 5.91 Å². The summed E-state index contributed by atoms with van der Waals surface area (Å²) in [7, 11) is 2.11. The van der Waals surface area contributed by atoms with E-state index in [0.29, 0.717) is 6.04 Å². The Morgan fingerprint density at radius 1 is 1.50 bits per heavy atom. The van der Waals surface area contributed by atoms with Crippen LogP contribution in [-0.4, -0.2) is 53.7 Å². The van der Waals surface area contributed by atoms with Crippen LogP contribution in [0.1, 0.15) is 20.3 Å². The van der Waals surface area contributed by atoms with E-state index in [1.165, 1.54) is 0 Å². The monoisotopic (exact) mass is 216 g/mol. The largest absolute Gasteiger partial charge is 0.338 e. The number of hydrogen-bond donors (Lipinski definition) is 1. The molecule has 0 aromatic heterocycles. The van der Waals surface area contributed by atoms with Crippen LogP contribution in [0.3, 0.4) is 0 Å². The molecule has 3 nitrogen and oxygen atoms in total. The lowest BCUT2D eigenvalue weighted by Crippen LogP contribution is -2.44. The fraction of sp³-hybridized carbons (Fsp3) is 0.900. The van der Waals surface area contributed by atoms with Gasteiger partial charge in [0.25, 0.3) is 0 Å². The first kappa shape index (κ1) is 11.9. The van der Waals surface area contributed by atoms with Crippen molar-refractivity contribution in [3.63, 3.8) is 0 Å². The Bertz CT molecular complexity index is 208. The summed E-state index contributed by atoms with van der Waals surface area (Å²) in [6.45, 7) is 6.86. The molecule has 2 unspecified atom stereocenters. The van der Waals surface area contributed by atoms with E-state index in [0.717, 1.165) is 26.1 Å². The lowest BCUT2D eigenvalue weighted by molar-refractivity contribution is -0.132. The Kier molecular flexibility index (Phi) is 4.26. The molecule has 1 aliphatic heterocycles. The SMILES string of the molecule is CC(S)C(=O)N1CCCN(C)CC1C. The Morgan fingerprint density at radius 2 is 2.14 bits per heavy atom. The van der Waals surface area contributed by atoms with Crippen molar-refractivity contribution in [1.82, 2.24) is 9.80 Å². The van der Waals surface area contributed by atoms with E-state index in [9.17, 15) is 4.79 Å². The normalized spacial score (nSPS) is 27.1. The van der Waals surface area contributed by atoms with Gasteiger partial charge in [-0.25, -0.2) is 0 Å². The molecule has 0 aromatic carbocycles. The molecule has 0 aromatic rings. The number of hydrogen-bond acceptors (Lipinski definition) is 3. The molecular formula is C10H20N2OS. The number of likely N-dealkylation sites (N-methyl/N-ethyl adjacent to an activating group) is 1. The number of carbonyl (C=O) groups excluding carboxylic acids is 1. The van der Waals surface area contributed by atoms with Gasteiger partial charge in [0.15, 0.2) is 0 Å². The van der Waals surface area contributed by atoms with E-state index in [-0.39, 0.29) is 11.2 Å². The topological polar surface area (TPSA) is 23.6 Å². The van der Waals surface area contributed by atoms with Crippen molar-refractivity contribution in [2.24, 2.45) is 0 Å². The van der Waals surface area contributed by atoms with Crippen molar-refractivity contribution in [1.29, 1.82) is 0 Å². The minimum atomic E-state index is -0.180. The molecule has 1 fully saturated rings. The maximum Gasteiger partial charge on any atom is 0.235 e. The number of nitrogens with zero attached hydrogens (tertiary/aromatic N) is 2. The molecule has 4 heteroatoms. The standard InChI is InChI=1S/C10H20N2OS/c1-8-7-11(3)5-4-6-12(8)10(13)9(2)14/h8-9,14H,4-7H2,1-3H3. The van der Waals surface area contributed by atoms with Gasteiger partial charge < -0.3 is 9.80 Å². The summed E-state index contributed by atoms with van der Waals surface area (Å²) < 4.78 is 0. The highest BCUT2D eigenvalue weighted by atomic mass is 32.1.